The van der Waals surface area contributed by atoms with Crippen LogP contribution in [0, 0.1) is 29.6 Å². The van der Waals surface area contributed by atoms with Gasteiger partial charge in [0.15, 0.2) is 0 Å². The van der Waals surface area contributed by atoms with Crippen LogP contribution in [-0.2, 0) is 22.8 Å². The van der Waals surface area contributed by atoms with Gasteiger partial charge in [-0.05, 0) is 0 Å². The van der Waals surface area contributed by atoms with E-state index in [1.54, 1.807) is 14.4 Å². The van der Waals surface area contributed by atoms with E-state index in [1.807, 2.05) is 5.57 Å². The molecule has 0 aromatic rings. The van der Waals surface area contributed by atoms with Gasteiger partial charge in [0.2, 0.25) is 0 Å². The monoisotopic (exact) mass is 425 g/mol. The SMILES string of the molecule is CCC1=CCC(C2CCCC3C4C=CC=CC4[CH]([Zr]=[C](C)C)C23)=C1CC. The second kappa shape index (κ2) is 7.99. The fourth-order valence-electron chi connectivity index (χ4n) is 6.71. The minimum absolute atomic E-state index is 0.442. The van der Waals surface area contributed by atoms with Crippen molar-refractivity contribution in [2.75, 3.05) is 0 Å². The molecule has 0 amide bonds. The molecule has 0 aromatic carbocycles. The third-order valence-electron chi connectivity index (χ3n) is 7.54. The average molecular weight is 427 g/mol. The predicted molar refractivity (Wildman–Crippen MR) is 110 cm³/mol. The van der Waals surface area contributed by atoms with E-state index in [0.29, 0.717) is 0 Å². The van der Waals surface area contributed by atoms with E-state index in [1.165, 1.54) is 38.5 Å². The van der Waals surface area contributed by atoms with Gasteiger partial charge in [-0.2, -0.15) is 0 Å². The first kappa shape index (κ1) is 19.0. The maximum atomic E-state index is 2.61. The summed E-state index contributed by atoms with van der Waals surface area (Å²) in [6.45, 7) is 9.60. The summed E-state index contributed by atoms with van der Waals surface area (Å²) in [5.74, 6) is 4.54. The molecular formula is C25H35Zr. The van der Waals surface area contributed by atoms with E-state index in [0.717, 1.165) is 33.2 Å². The Morgan fingerprint density at radius 2 is 1.81 bits per heavy atom. The van der Waals surface area contributed by atoms with E-state index in [4.69, 9.17) is 0 Å². The van der Waals surface area contributed by atoms with Gasteiger partial charge in [0.05, 0.1) is 0 Å². The van der Waals surface area contributed by atoms with E-state index in [-0.39, 0.29) is 0 Å². The first-order valence-electron chi connectivity index (χ1n) is 11.0. The Balaban J connectivity index is 1.74. The van der Waals surface area contributed by atoms with Crippen LogP contribution in [0.1, 0.15) is 66.2 Å². The Kier molecular flexibility index (Phi) is 5.85. The van der Waals surface area contributed by atoms with Crippen LogP contribution in [0.25, 0.3) is 0 Å². The summed E-state index contributed by atoms with van der Waals surface area (Å²) in [6, 6.07) is 0. The summed E-state index contributed by atoms with van der Waals surface area (Å²) in [6.07, 6.45) is 20.6. The molecule has 2 saturated carbocycles. The Morgan fingerprint density at radius 1 is 1.04 bits per heavy atom. The van der Waals surface area contributed by atoms with Crippen LogP contribution in [0.2, 0.25) is 3.63 Å². The Morgan fingerprint density at radius 3 is 2.50 bits per heavy atom. The Hall–Kier alpha value is -0.287. The van der Waals surface area contributed by atoms with E-state index < -0.39 is 22.8 Å². The van der Waals surface area contributed by atoms with Crippen molar-refractivity contribution < 1.29 is 22.8 Å². The van der Waals surface area contributed by atoms with E-state index in [2.05, 4.69) is 58.1 Å². The van der Waals surface area contributed by atoms with Gasteiger partial charge in [-0.25, -0.2) is 0 Å². The molecule has 6 unspecified atom stereocenters. The van der Waals surface area contributed by atoms with Gasteiger partial charge in [0.1, 0.15) is 0 Å². The number of hydrogen-bond acceptors (Lipinski definition) is 0. The van der Waals surface area contributed by atoms with Gasteiger partial charge in [-0.1, -0.05) is 0 Å². The summed E-state index contributed by atoms with van der Waals surface area (Å²) in [5.41, 5.74) is 5.32. The molecule has 139 valence electrons. The van der Waals surface area contributed by atoms with Crippen molar-refractivity contribution in [2.45, 2.75) is 69.8 Å². The molecule has 0 heterocycles. The molecule has 0 N–H and O–H groups in total. The van der Waals surface area contributed by atoms with Crippen molar-refractivity contribution in [3.05, 3.63) is 47.1 Å². The molecule has 1 heteroatoms. The van der Waals surface area contributed by atoms with Crippen LogP contribution < -0.4 is 0 Å². The van der Waals surface area contributed by atoms with Gasteiger partial charge in [0, 0.05) is 0 Å². The first-order valence-corrected chi connectivity index (χ1v) is 13.6. The molecule has 0 saturated heterocycles. The molecular weight excluding hydrogens is 391 g/mol. The van der Waals surface area contributed by atoms with E-state index >= 15 is 0 Å². The van der Waals surface area contributed by atoms with Crippen molar-refractivity contribution in [1.29, 1.82) is 0 Å². The third kappa shape index (κ3) is 3.21. The first-order chi connectivity index (χ1) is 12.7. The molecule has 4 rings (SSSR count). The molecule has 6 atom stereocenters. The average Bonchev–Trinajstić information content (AvgIpc) is 3.21. The van der Waals surface area contributed by atoms with Crippen molar-refractivity contribution >= 4 is 3.21 Å². The quantitative estimate of drug-likeness (QED) is 0.457. The topological polar surface area (TPSA) is 0 Å². The zero-order valence-corrected chi connectivity index (χ0v) is 19.6. The molecule has 0 spiro atoms. The summed E-state index contributed by atoms with van der Waals surface area (Å²) in [5, 5.41) is 0. The number of hydrogen-bond donors (Lipinski definition) is 0. The van der Waals surface area contributed by atoms with Crippen molar-refractivity contribution in [3.63, 3.8) is 0 Å². The minimum atomic E-state index is -0.442. The predicted octanol–water partition coefficient (Wildman–Crippen LogP) is 6.92. The van der Waals surface area contributed by atoms with Crippen LogP contribution in [0.3, 0.4) is 0 Å². The Labute approximate surface area is 172 Å². The molecule has 26 heavy (non-hydrogen) atoms. The molecule has 4 aliphatic rings. The molecule has 0 aromatic heterocycles. The van der Waals surface area contributed by atoms with Crippen LogP contribution in [0.15, 0.2) is 47.1 Å². The fraction of sp³-hybridized carbons (Fsp3) is 0.640. The third-order valence-corrected chi connectivity index (χ3v) is 11.7. The second-order valence-electron chi connectivity index (χ2n) is 9.02. The second-order valence-corrected chi connectivity index (χ2v) is 13.8. The molecule has 0 bridgehead atoms. The standard InChI is InChI=1S/C22H29.C3H6.Zr/c1-3-15-12-13-21(17(15)4-2)20-11-7-10-19-18-9-6-5-8-16(18)14-22(19)20;1-3-2;/h5-6,8-9,12,14,16,18-20,22H,3-4,7,10-11,13H2,1-2H3;1-2H3;. The van der Waals surface area contributed by atoms with Crippen LogP contribution in [-0.4, -0.2) is 3.21 Å². The number of fused-ring (bicyclic) bond motifs is 3. The number of allylic oxidation sites excluding steroid dienone is 8. The zero-order valence-electron chi connectivity index (χ0n) is 17.1. The summed E-state index contributed by atoms with van der Waals surface area (Å²) < 4.78 is 2.83. The zero-order chi connectivity index (χ0) is 18.3. The maximum absolute atomic E-state index is 2.61. The summed E-state index contributed by atoms with van der Waals surface area (Å²) >= 11 is -0.442. The van der Waals surface area contributed by atoms with Gasteiger partial charge < -0.3 is 0 Å². The Bertz CT molecular complexity index is 698. The van der Waals surface area contributed by atoms with E-state index in [9.17, 15) is 0 Å². The molecule has 0 nitrogen and oxygen atoms in total. The molecule has 2 fully saturated rings. The van der Waals surface area contributed by atoms with Crippen molar-refractivity contribution in [2.24, 2.45) is 29.6 Å². The van der Waals surface area contributed by atoms with Gasteiger partial charge in [0.25, 0.3) is 0 Å². The summed E-state index contributed by atoms with van der Waals surface area (Å²) in [4.78, 5) is 0. The van der Waals surface area contributed by atoms with Crippen LogP contribution in [0.4, 0.5) is 0 Å². The van der Waals surface area contributed by atoms with Crippen LogP contribution >= 0.6 is 0 Å². The molecule has 4 aliphatic carbocycles. The fourth-order valence-corrected chi connectivity index (χ4v) is 11.3. The van der Waals surface area contributed by atoms with Crippen molar-refractivity contribution in [1.82, 2.24) is 0 Å². The van der Waals surface area contributed by atoms with Gasteiger partial charge in [-0.3, -0.25) is 0 Å². The van der Waals surface area contributed by atoms with Gasteiger partial charge in [-0.15, -0.1) is 0 Å². The summed E-state index contributed by atoms with van der Waals surface area (Å²) in [7, 11) is 0. The molecule has 0 radical (unpaired) electrons. The van der Waals surface area contributed by atoms with Crippen LogP contribution in [0.5, 0.6) is 0 Å². The van der Waals surface area contributed by atoms with Gasteiger partial charge >= 0.3 is 172 Å². The molecule has 0 aliphatic heterocycles. The van der Waals surface area contributed by atoms with Crippen molar-refractivity contribution in [3.8, 4) is 0 Å². The number of rotatable bonds is 4. The normalized spacial score (nSPS) is 38.1.